The van der Waals surface area contributed by atoms with E-state index in [-0.39, 0.29) is 5.92 Å². The molecule has 15 heavy (non-hydrogen) atoms. The molecule has 7 heteroatoms. The molecule has 1 rings (SSSR count). The Morgan fingerprint density at radius 2 is 2.27 bits per heavy atom. The van der Waals surface area contributed by atoms with Crippen molar-refractivity contribution in [1.82, 2.24) is 4.31 Å². The van der Waals surface area contributed by atoms with Gasteiger partial charge in [0.05, 0.1) is 6.26 Å². The highest BCUT2D eigenvalue weighted by Crippen LogP contribution is 2.22. The number of hydrogen-bond acceptors (Lipinski definition) is 4. The van der Waals surface area contributed by atoms with Gasteiger partial charge in [0.2, 0.25) is 10.0 Å². The Morgan fingerprint density at radius 1 is 1.67 bits per heavy atom. The molecule has 0 amide bonds. The second-order valence-electron chi connectivity index (χ2n) is 3.96. The third kappa shape index (κ3) is 3.44. The number of aliphatic carboxylic acids is 1. The van der Waals surface area contributed by atoms with E-state index in [1.54, 1.807) is 0 Å². The average Bonchev–Trinajstić information content (AvgIpc) is 2.51. The highest BCUT2D eigenvalue weighted by Gasteiger charge is 2.30. The molecule has 0 bridgehead atoms. The van der Waals surface area contributed by atoms with Gasteiger partial charge in [0, 0.05) is 13.1 Å². The summed E-state index contributed by atoms with van der Waals surface area (Å²) >= 11 is 0. The first-order valence-electron chi connectivity index (χ1n) is 4.74. The molecule has 1 aliphatic heterocycles. The van der Waals surface area contributed by atoms with Crippen molar-refractivity contribution in [2.45, 2.75) is 18.9 Å². The lowest BCUT2D eigenvalue weighted by molar-refractivity contribution is -0.138. The lowest BCUT2D eigenvalue weighted by Gasteiger charge is -2.14. The molecule has 0 saturated carbocycles. The van der Waals surface area contributed by atoms with Gasteiger partial charge in [-0.05, 0) is 18.8 Å². The van der Waals surface area contributed by atoms with Crippen molar-refractivity contribution in [1.29, 1.82) is 0 Å². The zero-order valence-electron chi connectivity index (χ0n) is 8.59. The molecule has 0 aromatic heterocycles. The minimum atomic E-state index is -3.15. The zero-order chi connectivity index (χ0) is 11.6. The molecular formula is C8H16N2O4S. The van der Waals surface area contributed by atoms with Gasteiger partial charge < -0.3 is 10.8 Å². The number of carbonyl (C=O) groups is 1. The number of sulfonamides is 1. The van der Waals surface area contributed by atoms with Gasteiger partial charge in [-0.1, -0.05) is 0 Å². The molecule has 0 aromatic rings. The molecule has 2 atom stereocenters. The summed E-state index contributed by atoms with van der Waals surface area (Å²) < 4.78 is 23.7. The van der Waals surface area contributed by atoms with Crippen molar-refractivity contribution in [2.75, 3.05) is 19.3 Å². The number of hydrogen-bond donors (Lipinski definition) is 2. The Balaban J connectivity index is 2.47. The van der Waals surface area contributed by atoms with Gasteiger partial charge in [-0.2, -0.15) is 0 Å². The van der Waals surface area contributed by atoms with Gasteiger partial charge in [-0.3, -0.25) is 4.79 Å². The van der Waals surface area contributed by atoms with Crippen LogP contribution in [0.1, 0.15) is 12.8 Å². The Morgan fingerprint density at radius 3 is 2.67 bits per heavy atom. The SMILES string of the molecule is CS(=O)(=O)N1CCC(CC(N)C(=O)O)C1. The fourth-order valence-corrected chi connectivity index (χ4v) is 2.67. The van der Waals surface area contributed by atoms with E-state index in [1.807, 2.05) is 0 Å². The molecular weight excluding hydrogens is 220 g/mol. The van der Waals surface area contributed by atoms with E-state index in [1.165, 1.54) is 4.31 Å². The van der Waals surface area contributed by atoms with Gasteiger partial charge in [0.15, 0.2) is 0 Å². The fourth-order valence-electron chi connectivity index (χ4n) is 1.75. The van der Waals surface area contributed by atoms with Gasteiger partial charge in [-0.15, -0.1) is 0 Å². The van der Waals surface area contributed by atoms with Crippen LogP contribution in [0.15, 0.2) is 0 Å². The van der Waals surface area contributed by atoms with Crippen LogP contribution in [-0.4, -0.2) is 49.2 Å². The molecule has 0 aromatic carbocycles. The van der Waals surface area contributed by atoms with Crippen molar-refractivity contribution in [3.63, 3.8) is 0 Å². The largest absolute Gasteiger partial charge is 0.480 e. The lowest BCUT2D eigenvalue weighted by atomic mass is 10.00. The second-order valence-corrected chi connectivity index (χ2v) is 5.94. The maximum Gasteiger partial charge on any atom is 0.320 e. The van der Waals surface area contributed by atoms with Gasteiger partial charge >= 0.3 is 5.97 Å². The van der Waals surface area contributed by atoms with E-state index in [0.717, 1.165) is 6.26 Å². The Labute approximate surface area is 89.1 Å². The fraction of sp³-hybridized carbons (Fsp3) is 0.875. The van der Waals surface area contributed by atoms with Crippen molar-refractivity contribution in [3.8, 4) is 0 Å². The minimum absolute atomic E-state index is 0.0609. The zero-order valence-corrected chi connectivity index (χ0v) is 9.40. The maximum atomic E-state index is 11.2. The molecule has 0 aliphatic carbocycles. The molecule has 1 fully saturated rings. The second kappa shape index (κ2) is 4.46. The van der Waals surface area contributed by atoms with Crippen molar-refractivity contribution in [3.05, 3.63) is 0 Å². The van der Waals surface area contributed by atoms with Crippen LogP contribution >= 0.6 is 0 Å². The summed E-state index contributed by atoms with van der Waals surface area (Å²) in [6, 6.07) is -0.894. The molecule has 6 nitrogen and oxygen atoms in total. The number of nitrogens with zero attached hydrogens (tertiary/aromatic N) is 1. The maximum absolute atomic E-state index is 11.2. The Kier molecular flexibility index (Phi) is 3.69. The predicted molar refractivity (Wildman–Crippen MR) is 54.8 cm³/mol. The molecule has 1 heterocycles. The van der Waals surface area contributed by atoms with Crippen LogP contribution in [0.4, 0.5) is 0 Å². The summed E-state index contributed by atoms with van der Waals surface area (Å²) in [5.41, 5.74) is 5.38. The van der Waals surface area contributed by atoms with E-state index in [2.05, 4.69) is 0 Å². The van der Waals surface area contributed by atoms with Crippen LogP contribution < -0.4 is 5.73 Å². The van der Waals surface area contributed by atoms with E-state index in [0.29, 0.717) is 25.9 Å². The normalized spacial score (nSPS) is 25.3. The van der Waals surface area contributed by atoms with E-state index >= 15 is 0 Å². The summed E-state index contributed by atoms with van der Waals surface area (Å²) in [7, 11) is -3.15. The molecule has 3 N–H and O–H groups in total. The summed E-state index contributed by atoms with van der Waals surface area (Å²) in [5.74, 6) is -0.973. The summed E-state index contributed by atoms with van der Waals surface area (Å²) in [4.78, 5) is 10.5. The van der Waals surface area contributed by atoms with Crippen LogP contribution in [0, 0.1) is 5.92 Å². The van der Waals surface area contributed by atoms with Gasteiger partial charge in [-0.25, -0.2) is 12.7 Å². The highest BCUT2D eigenvalue weighted by molar-refractivity contribution is 7.88. The first-order valence-corrected chi connectivity index (χ1v) is 6.59. The van der Waals surface area contributed by atoms with Gasteiger partial charge in [0.1, 0.15) is 6.04 Å². The molecule has 1 saturated heterocycles. The number of nitrogens with two attached hydrogens (primary N) is 1. The third-order valence-electron chi connectivity index (χ3n) is 2.62. The molecule has 1 aliphatic rings. The predicted octanol–water partition coefficient (Wildman–Crippen LogP) is -0.930. The average molecular weight is 236 g/mol. The Hall–Kier alpha value is -0.660. The van der Waals surface area contributed by atoms with E-state index in [9.17, 15) is 13.2 Å². The van der Waals surface area contributed by atoms with E-state index in [4.69, 9.17) is 10.8 Å². The topological polar surface area (TPSA) is 101 Å². The van der Waals surface area contributed by atoms with Crippen LogP contribution in [0.3, 0.4) is 0 Å². The quantitative estimate of drug-likeness (QED) is 0.656. The van der Waals surface area contributed by atoms with Crippen LogP contribution in [0.25, 0.3) is 0 Å². The highest BCUT2D eigenvalue weighted by atomic mass is 32.2. The van der Waals surface area contributed by atoms with Crippen LogP contribution in [0.2, 0.25) is 0 Å². The van der Waals surface area contributed by atoms with Crippen molar-refractivity contribution in [2.24, 2.45) is 11.7 Å². The van der Waals surface area contributed by atoms with Crippen molar-refractivity contribution < 1.29 is 18.3 Å². The standard InChI is InChI=1S/C8H16N2O4S/c1-15(13,14)10-3-2-6(5-10)4-7(9)8(11)12/h6-7H,2-5,9H2,1H3,(H,11,12). The van der Waals surface area contributed by atoms with E-state index < -0.39 is 22.0 Å². The summed E-state index contributed by atoms with van der Waals surface area (Å²) in [5, 5.41) is 8.61. The number of carboxylic acid groups (broad SMARTS) is 1. The molecule has 2 unspecified atom stereocenters. The summed E-state index contributed by atoms with van der Waals surface area (Å²) in [6.45, 7) is 0.857. The molecule has 0 spiro atoms. The first-order chi connectivity index (χ1) is 6.80. The summed E-state index contributed by atoms with van der Waals surface area (Å²) in [6.07, 6.45) is 2.18. The number of rotatable bonds is 4. The van der Waals surface area contributed by atoms with Gasteiger partial charge in [0.25, 0.3) is 0 Å². The minimum Gasteiger partial charge on any atom is -0.480 e. The molecule has 88 valence electrons. The van der Waals surface area contributed by atoms with Crippen LogP contribution in [0.5, 0.6) is 0 Å². The van der Waals surface area contributed by atoms with Crippen molar-refractivity contribution >= 4 is 16.0 Å². The Bertz CT molecular complexity index is 341. The third-order valence-corrected chi connectivity index (χ3v) is 3.89. The molecule has 0 radical (unpaired) electrons. The lowest BCUT2D eigenvalue weighted by Crippen LogP contribution is -2.33. The smallest absolute Gasteiger partial charge is 0.320 e. The van der Waals surface area contributed by atoms with Crippen LogP contribution in [-0.2, 0) is 14.8 Å². The number of carboxylic acids is 1. The monoisotopic (exact) mass is 236 g/mol. The first kappa shape index (κ1) is 12.4.